The Labute approximate surface area is 105 Å². The molecule has 0 radical (unpaired) electrons. The summed E-state index contributed by atoms with van der Waals surface area (Å²) in [6.45, 7) is 2.13. The van der Waals surface area contributed by atoms with Crippen LogP contribution in [0, 0.1) is 17.8 Å². The second kappa shape index (κ2) is 6.17. The summed E-state index contributed by atoms with van der Waals surface area (Å²) in [6.07, 6.45) is 9.79. The minimum Gasteiger partial charge on any atom is -0.382 e. The first-order chi connectivity index (χ1) is 8.22. The highest BCUT2D eigenvalue weighted by Gasteiger charge is 2.39. The van der Waals surface area contributed by atoms with Gasteiger partial charge in [-0.2, -0.15) is 0 Å². The zero-order valence-corrected chi connectivity index (χ0v) is 11.3. The van der Waals surface area contributed by atoms with Gasteiger partial charge in [0, 0.05) is 13.2 Å². The number of hydrazine groups is 1. The van der Waals surface area contributed by atoms with Crippen molar-refractivity contribution < 1.29 is 4.74 Å². The molecule has 3 heteroatoms. The Morgan fingerprint density at radius 3 is 2.65 bits per heavy atom. The molecular formula is C14H28N2O. The first-order valence-electron chi connectivity index (χ1n) is 7.21. The minimum absolute atomic E-state index is 0.353. The highest BCUT2D eigenvalue weighted by molar-refractivity contribution is 4.91. The molecule has 17 heavy (non-hydrogen) atoms. The summed E-state index contributed by atoms with van der Waals surface area (Å²) in [7, 11) is 1.78. The van der Waals surface area contributed by atoms with Gasteiger partial charge < -0.3 is 4.74 Å². The molecule has 5 atom stereocenters. The van der Waals surface area contributed by atoms with Crippen LogP contribution in [0.1, 0.15) is 51.9 Å². The molecule has 2 aliphatic rings. The molecule has 2 rings (SSSR count). The van der Waals surface area contributed by atoms with Gasteiger partial charge in [-0.1, -0.05) is 6.42 Å². The molecule has 5 unspecified atom stereocenters. The van der Waals surface area contributed by atoms with E-state index in [1.165, 1.54) is 32.1 Å². The van der Waals surface area contributed by atoms with Gasteiger partial charge in [-0.3, -0.25) is 11.3 Å². The lowest BCUT2D eigenvalue weighted by molar-refractivity contribution is 0.104. The predicted octanol–water partition coefficient (Wildman–Crippen LogP) is 2.46. The van der Waals surface area contributed by atoms with Crippen molar-refractivity contribution in [3.63, 3.8) is 0 Å². The highest BCUT2D eigenvalue weighted by Crippen LogP contribution is 2.50. The molecule has 0 heterocycles. The molecule has 2 aliphatic carbocycles. The van der Waals surface area contributed by atoms with Crippen molar-refractivity contribution in [2.24, 2.45) is 23.6 Å². The first-order valence-corrected chi connectivity index (χ1v) is 7.21. The normalized spacial score (nSPS) is 35.1. The fraction of sp³-hybridized carbons (Fsp3) is 1.00. The number of hydrogen-bond donors (Lipinski definition) is 2. The van der Waals surface area contributed by atoms with Crippen molar-refractivity contribution in [3.05, 3.63) is 0 Å². The Bertz CT molecular complexity index is 234. The number of hydrogen-bond acceptors (Lipinski definition) is 3. The van der Waals surface area contributed by atoms with E-state index in [1.54, 1.807) is 7.11 Å². The Balaban J connectivity index is 1.72. The number of rotatable bonds is 7. The molecule has 0 aromatic carbocycles. The van der Waals surface area contributed by atoms with E-state index in [2.05, 4.69) is 12.3 Å². The highest BCUT2D eigenvalue weighted by atomic mass is 16.5. The quantitative estimate of drug-likeness (QED) is 0.531. The average molecular weight is 240 g/mol. The van der Waals surface area contributed by atoms with E-state index in [0.29, 0.717) is 12.1 Å². The summed E-state index contributed by atoms with van der Waals surface area (Å²) in [4.78, 5) is 0. The number of fused-ring (bicyclic) bond motifs is 2. The standard InChI is InChI=1S/C14H28N2O/c1-10(17-2)3-6-14(16-15)9-13-8-11-4-5-12(13)7-11/h10-14,16H,3-9,15H2,1-2H3. The molecule has 0 aromatic heterocycles. The maximum atomic E-state index is 5.69. The number of ether oxygens (including phenoxy) is 1. The van der Waals surface area contributed by atoms with Crippen molar-refractivity contribution >= 4 is 0 Å². The van der Waals surface area contributed by atoms with E-state index in [-0.39, 0.29) is 0 Å². The van der Waals surface area contributed by atoms with Crippen molar-refractivity contribution in [1.29, 1.82) is 0 Å². The Morgan fingerprint density at radius 1 is 1.29 bits per heavy atom. The number of nitrogens with two attached hydrogens (primary N) is 1. The Morgan fingerprint density at radius 2 is 2.12 bits per heavy atom. The summed E-state index contributed by atoms with van der Waals surface area (Å²) in [6, 6.07) is 0.483. The Kier molecular flexibility index (Phi) is 4.83. The third-order valence-corrected chi connectivity index (χ3v) is 5.03. The molecule has 0 spiro atoms. The summed E-state index contributed by atoms with van der Waals surface area (Å²) in [5, 5.41) is 0. The second-order valence-corrected chi connectivity index (χ2v) is 6.16. The van der Waals surface area contributed by atoms with Gasteiger partial charge in [0.2, 0.25) is 0 Å². The van der Waals surface area contributed by atoms with E-state index < -0.39 is 0 Å². The minimum atomic E-state index is 0.353. The molecule has 3 nitrogen and oxygen atoms in total. The molecule has 3 N–H and O–H groups in total. The molecule has 0 saturated heterocycles. The van der Waals surface area contributed by atoms with Crippen LogP contribution in [0.2, 0.25) is 0 Å². The number of methoxy groups -OCH3 is 1. The van der Waals surface area contributed by atoms with Crippen molar-refractivity contribution in [1.82, 2.24) is 5.43 Å². The van der Waals surface area contributed by atoms with Crippen LogP contribution < -0.4 is 11.3 Å². The van der Waals surface area contributed by atoms with Crippen LogP contribution in [0.5, 0.6) is 0 Å². The lowest BCUT2D eigenvalue weighted by Crippen LogP contribution is -2.38. The summed E-state index contributed by atoms with van der Waals surface area (Å²) in [5.74, 6) is 8.68. The van der Waals surface area contributed by atoms with Crippen LogP contribution in [0.15, 0.2) is 0 Å². The summed E-state index contributed by atoms with van der Waals surface area (Å²) >= 11 is 0. The van der Waals surface area contributed by atoms with Gasteiger partial charge in [-0.15, -0.1) is 0 Å². The maximum Gasteiger partial charge on any atom is 0.0543 e. The molecule has 100 valence electrons. The average Bonchev–Trinajstić information content (AvgIpc) is 2.95. The molecule has 2 fully saturated rings. The van der Waals surface area contributed by atoms with E-state index in [0.717, 1.165) is 30.6 Å². The fourth-order valence-electron chi connectivity index (χ4n) is 3.85. The van der Waals surface area contributed by atoms with Crippen molar-refractivity contribution in [2.45, 2.75) is 64.0 Å². The molecular weight excluding hydrogens is 212 g/mol. The van der Waals surface area contributed by atoms with Crippen LogP contribution in [0.4, 0.5) is 0 Å². The predicted molar refractivity (Wildman–Crippen MR) is 70.4 cm³/mol. The van der Waals surface area contributed by atoms with Gasteiger partial charge >= 0.3 is 0 Å². The van der Waals surface area contributed by atoms with E-state index in [1.807, 2.05) is 0 Å². The molecule has 2 saturated carbocycles. The third-order valence-electron chi connectivity index (χ3n) is 5.03. The van der Waals surface area contributed by atoms with Gasteiger partial charge in [0.25, 0.3) is 0 Å². The fourth-order valence-corrected chi connectivity index (χ4v) is 3.85. The van der Waals surface area contributed by atoms with Crippen molar-refractivity contribution in [2.75, 3.05) is 7.11 Å². The van der Waals surface area contributed by atoms with E-state index in [4.69, 9.17) is 10.6 Å². The zero-order chi connectivity index (χ0) is 12.3. The second-order valence-electron chi connectivity index (χ2n) is 6.16. The topological polar surface area (TPSA) is 47.3 Å². The van der Waals surface area contributed by atoms with Crippen LogP contribution in [-0.2, 0) is 4.74 Å². The Hall–Kier alpha value is -0.120. The van der Waals surface area contributed by atoms with Gasteiger partial charge in [0.05, 0.1) is 6.10 Å². The van der Waals surface area contributed by atoms with Gasteiger partial charge in [0.1, 0.15) is 0 Å². The van der Waals surface area contributed by atoms with Gasteiger partial charge in [-0.25, -0.2) is 0 Å². The molecule has 2 bridgehead atoms. The van der Waals surface area contributed by atoms with E-state index in [9.17, 15) is 0 Å². The monoisotopic (exact) mass is 240 g/mol. The van der Waals surface area contributed by atoms with Gasteiger partial charge in [0.15, 0.2) is 0 Å². The zero-order valence-electron chi connectivity index (χ0n) is 11.3. The van der Waals surface area contributed by atoms with Crippen LogP contribution in [0.3, 0.4) is 0 Å². The lowest BCUT2D eigenvalue weighted by atomic mass is 9.83. The van der Waals surface area contributed by atoms with Gasteiger partial charge in [-0.05, 0) is 63.2 Å². The first kappa shape index (κ1) is 13.3. The molecule has 0 amide bonds. The van der Waals surface area contributed by atoms with E-state index >= 15 is 0 Å². The SMILES string of the molecule is COC(C)CCC(CC1CC2CCC1C2)NN. The molecule has 0 aromatic rings. The smallest absolute Gasteiger partial charge is 0.0543 e. The molecule has 0 aliphatic heterocycles. The van der Waals surface area contributed by atoms with Crippen LogP contribution in [0.25, 0.3) is 0 Å². The third kappa shape index (κ3) is 3.43. The maximum absolute atomic E-state index is 5.69. The summed E-state index contributed by atoms with van der Waals surface area (Å²) < 4.78 is 5.30. The van der Waals surface area contributed by atoms with Crippen LogP contribution in [-0.4, -0.2) is 19.3 Å². The van der Waals surface area contributed by atoms with Crippen molar-refractivity contribution in [3.8, 4) is 0 Å². The lowest BCUT2D eigenvalue weighted by Gasteiger charge is -2.26. The van der Waals surface area contributed by atoms with Crippen LogP contribution >= 0.6 is 0 Å². The largest absolute Gasteiger partial charge is 0.382 e. The summed E-state index contributed by atoms with van der Waals surface area (Å²) in [5.41, 5.74) is 3.01. The number of nitrogens with one attached hydrogen (secondary N) is 1.